The van der Waals surface area contributed by atoms with Crippen molar-refractivity contribution in [1.82, 2.24) is 9.55 Å². The smallest absolute Gasteiger partial charge is 0.349 e. The molecule has 8 N–H and O–H groups in total. The molecule has 0 radical (unpaired) electrons. The Morgan fingerprint density at radius 1 is 1.46 bits per heavy atom. The topological polar surface area (TPSA) is 159 Å². The van der Waals surface area contributed by atoms with Gasteiger partial charge < -0.3 is 28.1 Å². The molecule has 7 nitrogen and oxygen atoms in total. The molecule has 0 saturated carbocycles. The maximum absolute atomic E-state index is 10.6. The van der Waals surface area contributed by atoms with E-state index >= 15 is 0 Å². The zero-order valence-corrected chi connectivity index (χ0v) is 9.28. The second-order valence-corrected chi connectivity index (χ2v) is 1.75. The zero-order chi connectivity index (χ0) is 6.85. The Hall–Kier alpha value is -0.752. The van der Waals surface area contributed by atoms with Gasteiger partial charge in [-0.15, -0.1) is 0 Å². The van der Waals surface area contributed by atoms with Gasteiger partial charge in [0, 0.05) is 34.3 Å². The minimum Gasteiger partial charge on any atom is -0.693 e. The van der Waals surface area contributed by atoms with Gasteiger partial charge in [0.05, 0.1) is 0 Å². The largest absolute Gasteiger partial charge is 0.693 e. The molecule has 1 rings (SSSR count). The van der Waals surface area contributed by atoms with Crippen LogP contribution in [0, 0.1) is 0 Å². The standard InChI is InChI=1S/C5H7N3O.2H2N.H2O.Pt/c1-8-3-2-4(6)7-5(8)9;;;;/h2-3H,1H3,(H2,6,7,9);3*1H2;/q;2*-1;;. The molecule has 0 saturated heterocycles. The van der Waals surface area contributed by atoms with Crippen LogP contribution < -0.4 is 11.4 Å². The summed E-state index contributed by atoms with van der Waals surface area (Å²) >= 11 is 0. The number of anilines is 1. The van der Waals surface area contributed by atoms with E-state index in [0.717, 1.165) is 0 Å². The first kappa shape index (κ1) is 22.8. The average Bonchev–Trinajstić information content (AvgIpc) is 1.80. The second-order valence-electron chi connectivity index (χ2n) is 1.75. The Labute approximate surface area is 90.1 Å². The summed E-state index contributed by atoms with van der Waals surface area (Å²) in [6.07, 6.45) is 1.57. The predicted molar refractivity (Wildman–Crippen MR) is 48.1 cm³/mol. The Morgan fingerprint density at radius 2 is 1.92 bits per heavy atom. The Balaban J connectivity index is -0.000000101. The van der Waals surface area contributed by atoms with E-state index in [4.69, 9.17) is 5.73 Å². The predicted octanol–water partition coefficient (Wildman–Crippen LogP) is -0.0305. The summed E-state index contributed by atoms with van der Waals surface area (Å²) in [7, 11) is 1.62. The molecule has 0 aromatic carbocycles. The van der Waals surface area contributed by atoms with Crippen molar-refractivity contribution in [2.75, 3.05) is 5.73 Å². The van der Waals surface area contributed by atoms with Crippen LogP contribution in [0.4, 0.5) is 5.82 Å². The molecule has 1 aromatic heterocycles. The molecule has 0 fully saturated rings. The van der Waals surface area contributed by atoms with Gasteiger partial charge in [-0.1, -0.05) is 0 Å². The number of aromatic nitrogens is 2. The third kappa shape index (κ3) is 6.41. The molecule has 1 aromatic rings. The van der Waals surface area contributed by atoms with Gasteiger partial charge in [-0.05, 0) is 6.07 Å². The Kier molecular flexibility index (Phi) is 16.4. The van der Waals surface area contributed by atoms with Gasteiger partial charge in [0.25, 0.3) is 0 Å². The van der Waals surface area contributed by atoms with Gasteiger partial charge in [-0.2, -0.15) is 4.98 Å². The molecule has 0 aliphatic heterocycles. The SMILES string of the molecule is Cn1ccc(N)nc1=O.O.[NH2-].[NH2-].[Pt]. The van der Waals surface area contributed by atoms with E-state index in [2.05, 4.69) is 4.98 Å². The van der Waals surface area contributed by atoms with Crippen LogP contribution in [-0.2, 0) is 28.1 Å². The first-order valence-electron chi connectivity index (χ1n) is 2.49. The van der Waals surface area contributed by atoms with Crippen LogP contribution in [0.15, 0.2) is 17.1 Å². The first-order valence-corrected chi connectivity index (χ1v) is 2.49. The fourth-order valence-corrected chi connectivity index (χ4v) is 0.479. The van der Waals surface area contributed by atoms with Gasteiger partial charge in [-0.25, -0.2) is 4.79 Å². The molecule has 8 heteroatoms. The van der Waals surface area contributed by atoms with Crippen molar-refractivity contribution in [3.8, 4) is 0 Å². The Morgan fingerprint density at radius 3 is 2.23 bits per heavy atom. The van der Waals surface area contributed by atoms with E-state index in [9.17, 15) is 4.79 Å². The van der Waals surface area contributed by atoms with E-state index < -0.39 is 0 Å². The minimum absolute atomic E-state index is 0. The van der Waals surface area contributed by atoms with Gasteiger partial charge in [0.1, 0.15) is 5.82 Å². The number of hydrogen-bond acceptors (Lipinski definition) is 3. The number of aryl methyl sites for hydroxylation is 1. The van der Waals surface area contributed by atoms with E-state index in [0.29, 0.717) is 0 Å². The Bertz CT molecular complexity index is 276. The molecular formula is C5H13N5O2Pt-2. The third-order valence-corrected chi connectivity index (χ3v) is 0.995. The molecule has 0 unspecified atom stereocenters. The molecular weight excluding hydrogens is 357 g/mol. The van der Waals surface area contributed by atoms with Gasteiger partial charge in [0.2, 0.25) is 0 Å². The molecule has 0 aliphatic rings. The summed E-state index contributed by atoms with van der Waals surface area (Å²) in [4.78, 5) is 14.1. The number of rotatable bonds is 0. The second kappa shape index (κ2) is 9.34. The van der Waals surface area contributed by atoms with E-state index in [1.807, 2.05) is 0 Å². The molecule has 0 aliphatic carbocycles. The molecule has 82 valence electrons. The zero-order valence-electron chi connectivity index (χ0n) is 7.01. The van der Waals surface area contributed by atoms with Crippen molar-refractivity contribution in [2.24, 2.45) is 7.05 Å². The van der Waals surface area contributed by atoms with Crippen LogP contribution in [0.3, 0.4) is 0 Å². The molecule has 0 amide bonds. The first-order chi connectivity index (χ1) is 4.20. The summed E-state index contributed by atoms with van der Waals surface area (Å²) in [5.74, 6) is 0.262. The minimum atomic E-state index is -0.324. The number of nitrogens with two attached hydrogens (primary N) is 3. The average molecular weight is 370 g/mol. The van der Waals surface area contributed by atoms with Gasteiger partial charge >= 0.3 is 5.69 Å². The normalized spacial score (nSPS) is 6.54. The van der Waals surface area contributed by atoms with Crippen molar-refractivity contribution in [2.45, 2.75) is 0 Å². The third-order valence-electron chi connectivity index (χ3n) is 0.995. The van der Waals surface area contributed by atoms with Crippen LogP contribution in [0.25, 0.3) is 12.3 Å². The summed E-state index contributed by atoms with van der Waals surface area (Å²) in [5.41, 5.74) is 4.88. The molecule has 13 heavy (non-hydrogen) atoms. The number of nitrogen functional groups attached to an aromatic ring is 1. The summed E-state index contributed by atoms with van der Waals surface area (Å²) in [6.45, 7) is 0. The molecule has 0 atom stereocenters. The summed E-state index contributed by atoms with van der Waals surface area (Å²) < 4.78 is 1.36. The van der Waals surface area contributed by atoms with Crippen molar-refractivity contribution in [1.29, 1.82) is 0 Å². The van der Waals surface area contributed by atoms with Crippen LogP contribution in [0.5, 0.6) is 0 Å². The maximum atomic E-state index is 10.6. The molecule has 1 heterocycles. The monoisotopic (exact) mass is 370 g/mol. The number of hydrogen-bond donors (Lipinski definition) is 1. The van der Waals surface area contributed by atoms with Crippen LogP contribution in [0.1, 0.15) is 0 Å². The maximum Gasteiger partial charge on any atom is 0.349 e. The van der Waals surface area contributed by atoms with Gasteiger partial charge in [0.15, 0.2) is 0 Å². The van der Waals surface area contributed by atoms with Crippen LogP contribution in [0.2, 0.25) is 0 Å². The van der Waals surface area contributed by atoms with Crippen LogP contribution in [-0.4, -0.2) is 15.0 Å². The van der Waals surface area contributed by atoms with Crippen molar-refractivity contribution in [3.63, 3.8) is 0 Å². The van der Waals surface area contributed by atoms with Crippen LogP contribution >= 0.6 is 0 Å². The van der Waals surface area contributed by atoms with Crippen molar-refractivity contribution < 1.29 is 26.5 Å². The van der Waals surface area contributed by atoms with E-state index in [1.54, 1.807) is 19.3 Å². The van der Waals surface area contributed by atoms with Gasteiger partial charge in [-0.3, -0.25) is 0 Å². The molecule has 0 spiro atoms. The van der Waals surface area contributed by atoms with E-state index in [1.165, 1.54) is 4.57 Å². The fraction of sp³-hybridized carbons (Fsp3) is 0.200. The molecule has 0 bridgehead atoms. The van der Waals surface area contributed by atoms with E-state index in [-0.39, 0.29) is 50.4 Å². The van der Waals surface area contributed by atoms with Crippen molar-refractivity contribution in [3.05, 3.63) is 35.0 Å². The fourth-order valence-electron chi connectivity index (χ4n) is 0.479. The summed E-state index contributed by atoms with van der Waals surface area (Å²) in [5, 5.41) is 0. The quantitative estimate of drug-likeness (QED) is 0.680. The summed E-state index contributed by atoms with van der Waals surface area (Å²) in [6, 6.07) is 1.57. The van der Waals surface area contributed by atoms with Crippen molar-refractivity contribution >= 4 is 5.82 Å². The number of nitrogens with zero attached hydrogens (tertiary/aromatic N) is 2.